The molecule has 80 valence electrons. The highest BCUT2D eigenvalue weighted by molar-refractivity contribution is 4.65. The van der Waals surface area contributed by atoms with Gasteiger partial charge in [-0.05, 0) is 51.4 Å². The van der Waals surface area contributed by atoms with Crippen LogP contribution < -0.4 is 0 Å². The average molecular weight is 200 g/mol. The lowest BCUT2D eigenvalue weighted by Crippen LogP contribution is -2.22. The second-order valence-corrected chi connectivity index (χ2v) is 4.25. The maximum Gasteiger partial charge on any atom is 0.478 e. The van der Waals surface area contributed by atoms with E-state index in [1.54, 1.807) is 0 Å². The van der Waals surface area contributed by atoms with Crippen molar-refractivity contribution in [2.24, 2.45) is 0 Å². The maximum absolute atomic E-state index is 11.2. The Labute approximate surface area is 84.1 Å². The highest BCUT2D eigenvalue weighted by atomic mass is 17.0. The highest BCUT2D eigenvalue weighted by Gasteiger charge is 2.30. The average Bonchev–Trinajstić information content (AvgIpc) is 2.76. The van der Waals surface area contributed by atoms with Crippen LogP contribution in [-0.2, 0) is 9.68 Å². The maximum atomic E-state index is 11.2. The van der Waals surface area contributed by atoms with E-state index in [0.29, 0.717) is 5.09 Å². The molecule has 0 amide bonds. The predicted octanol–water partition coefficient (Wildman–Crippen LogP) is 2.51. The molecule has 0 saturated heterocycles. The Hall–Kier alpha value is -0.800. The summed E-state index contributed by atoms with van der Waals surface area (Å²) in [4.78, 5) is 21.5. The van der Waals surface area contributed by atoms with E-state index in [2.05, 4.69) is 0 Å². The quantitative estimate of drug-likeness (QED) is 0.654. The Balaban J connectivity index is 1.66. The lowest BCUT2D eigenvalue weighted by atomic mass is 10.3. The highest BCUT2D eigenvalue weighted by Crippen LogP contribution is 2.23. The summed E-state index contributed by atoms with van der Waals surface area (Å²) in [6.07, 6.45) is 8.83. The summed E-state index contributed by atoms with van der Waals surface area (Å²) in [5.41, 5.74) is 0. The molecular weight excluding hydrogens is 182 g/mol. The molecule has 0 aromatic rings. The van der Waals surface area contributed by atoms with E-state index in [0.717, 1.165) is 25.7 Å². The Morgan fingerprint density at radius 2 is 1.14 bits per heavy atom. The van der Waals surface area contributed by atoms with Crippen molar-refractivity contribution in [1.29, 1.82) is 0 Å². The van der Waals surface area contributed by atoms with Crippen molar-refractivity contribution in [3.05, 3.63) is 4.91 Å². The van der Waals surface area contributed by atoms with Crippen molar-refractivity contribution >= 4 is 0 Å². The molecule has 2 fully saturated rings. The summed E-state index contributed by atoms with van der Waals surface area (Å²) >= 11 is 0. The second-order valence-electron chi connectivity index (χ2n) is 4.25. The fourth-order valence-electron chi connectivity index (χ4n) is 2.26. The van der Waals surface area contributed by atoms with Gasteiger partial charge in [-0.25, -0.2) is 0 Å². The normalized spacial score (nSPS) is 24.0. The number of rotatable bonds is 4. The van der Waals surface area contributed by atoms with Gasteiger partial charge in [-0.15, -0.1) is 0 Å². The molecule has 4 nitrogen and oxygen atoms in total. The summed E-state index contributed by atoms with van der Waals surface area (Å²) in [6, 6.07) is 0. The van der Waals surface area contributed by atoms with E-state index in [-0.39, 0.29) is 12.2 Å². The van der Waals surface area contributed by atoms with Gasteiger partial charge in [0.15, 0.2) is 12.2 Å². The molecule has 2 aliphatic carbocycles. The van der Waals surface area contributed by atoms with Gasteiger partial charge >= 0.3 is 5.09 Å². The minimum absolute atomic E-state index is 0.0916. The summed E-state index contributed by atoms with van der Waals surface area (Å²) in [5.74, 6) is 0. The van der Waals surface area contributed by atoms with Crippen molar-refractivity contribution in [3.8, 4) is 0 Å². The molecule has 2 saturated carbocycles. The molecule has 2 aliphatic rings. The molecule has 0 aromatic carbocycles. The zero-order valence-corrected chi connectivity index (χ0v) is 8.48. The van der Waals surface area contributed by atoms with Gasteiger partial charge in [-0.1, -0.05) is 0 Å². The van der Waals surface area contributed by atoms with Crippen molar-refractivity contribution in [2.45, 2.75) is 63.6 Å². The van der Waals surface area contributed by atoms with Crippen LogP contribution in [0.2, 0.25) is 0 Å². The molecule has 0 bridgehead atoms. The van der Waals surface area contributed by atoms with E-state index in [1.165, 1.54) is 25.7 Å². The number of hydrogen-bond acceptors (Lipinski definition) is 3. The van der Waals surface area contributed by atoms with Crippen LogP contribution in [0, 0.1) is 4.91 Å². The summed E-state index contributed by atoms with van der Waals surface area (Å²) < 4.78 is 0. The minimum Gasteiger partial charge on any atom is -0.183 e. The van der Waals surface area contributed by atoms with Gasteiger partial charge in [0.1, 0.15) is 4.91 Å². The third kappa shape index (κ3) is 2.59. The lowest BCUT2D eigenvalue weighted by molar-refractivity contribution is -0.992. The van der Waals surface area contributed by atoms with Crippen LogP contribution in [0.4, 0.5) is 0 Å². The van der Waals surface area contributed by atoms with Crippen LogP contribution in [0.1, 0.15) is 51.4 Å². The third-order valence-electron chi connectivity index (χ3n) is 3.07. The van der Waals surface area contributed by atoms with E-state index in [9.17, 15) is 4.91 Å². The molecule has 0 heterocycles. The smallest absolute Gasteiger partial charge is 0.183 e. The molecule has 2 rings (SSSR count). The van der Waals surface area contributed by atoms with Gasteiger partial charge in [0.05, 0.1) is 0 Å². The van der Waals surface area contributed by atoms with Crippen LogP contribution in [-0.4, -0.2) is 17.3 Å². The van der Waals surface area contributed by atoms with Crippen LogP contribution in [0.15, 0.2) is 0 Å². The number of hydrogen-bond donors (Lipinski definition) is 0. The van der Waals surface area contributed by atoms with Gasteiger partial charge < -0.3 is 0 Å². The Kier molecular flexibility index (Phi) is 3.22. The summed E-state index contributed by atoms with van der Waals surface area (Å²) in [5, 5.41) is 0.353. The first-order valence-corrected chi connectivity index (χ1v) is 5.65. The Morgan fingerprint density at radius 1 is 0.786 bits per heavy atom. The standard InChI is InChI=1S/C10H18NO3/c12-11(13-9-5-1-2-6-9)14-10-7-3-4-8-10/h9-10H,1-8H2/q+1. The fraction of sp³-hybridized carbons (Fsp3) is 1.00. The van der Waals surface area contributed by atoms with E-state index in [4.69, 9.17) is 9.68 Å². The van der Waals surface area contributed by atoms with Gasteiger partial charge in [0.2, 0.25) is 0 Å². The van der Waals surface area contributed by atoms with Gasteiger partial charge in [0, 0.05) is 0 Å². The monoisotopic (exact) mass is 200 g/mol. The van der Waals surface area contributed by atoms with Crippen molar-refractivity contribution in [2.75, 3.05) is 0 Å². The number of nitrogens with zero attached hydrogens (tertiary/aromatic N) is 1. The van der Waals surface area contributed by atoms with Crippen molar-refractivity contribution in [1.82, 2.24) is 0 Å². The molecule has 0 radical (unpaired) electrons. The minimum atomic E-state index is 0.0916. The molecule has 0 atom stereocenters. The molecule has 0 unspecified atom stereocenters. The van der Waals surface area contributed by atoms with Crippen molar-refractivity contribution < 1.29 is 14.8 Å². The van der Waals surface area contributed by atoms with Gasteiger partial charge in [0.25, 0.3) is 0 Å². The molecule has 4 heteroatoms. The van der Waals surface area contributed by atoms with Crippen molar-refractivity contribution in [3.63, 3.8) is 0 Å². The first kappa shape index (κ1) is 9.74. The van der Waals surface area contributed by atoms with Crippen LogP contribution in [0.3, 0.4) is 0 Å². The Morgan fingerprint density at radius 3 is 1.50 bits per heavy atom. The van der Waals surface area contributed by atoms with Crippen LogP contribution in [0.25, 0.3) is 0 Å². The zero-order valence-electron chi connectivity index (χ0n) is 8.48. The second kappa shape index (κ2) is 4.62. The topological polar surface area (TPSA) is 38.5 Å². The van der Waals surface area contributed by atoms with Crippen LogP contribution >= 0.6 is 0 Å². The predicted molar refractivity (Wildman–Crippen MR) is 50.3 cm³/mol. The molecule has 0 N–H and O–H groups in total. The zero-order chi connectivity index (χ0) is 9.80. The Bertz CT molecular complexity index is 176. The molecule has 14 heavy (non-hydrogen) atoms. The largest absolute Gasteiger partial charge is 0.478 e. The molecule has 0 aliphatic heterocycles. The van der Waals surface area contributed by atoms with Gasteiger partial charge in [-0.3, -0.25) is 0 Å². The fourth-order valence-corrected chi connectivity index (χ4v) is 2.26. The third-order valence-corrected chi connectivity index (χ3v) is 3.07. The summed E-state index contributed by atoms with van der Waals surface area (Å²) in [6.45, 7) is 0. The van der Waals surface area contributed by atoms with Gasteiger partial charge in [-0.2, -0.15) is 9.68 Å². The first-order chi connectivity index (χ1) is 6.84. The molecule has 0 spiro atoms. The molecule has 0 aromatic heterocycles. The lowest BCUT2D eigenvalue weighted by Gasteiger charge is -2.03. The SMILES string of the molecule is O=[N+](OC1CCCC1)OC1CCCC1. The summed E-state index contributed by atoms with van der Waals surface area (Å²) in [7, 11) is 0. The van der Waals surface area contributed by atoms with E-state index < -0.39 is 0 Å². The van der Waals surface area contributed by atoms with Crippen LogP contribution in [0.5, 0.6) is 0 Å². The van der Waals surface area contributed by atoms with E-state index >= 15 is 0 Å². The molecular formula is C10H18NO3+. The van der Waals surface area contributed by atoms with E-state index in [1.807, 2.05) is 0 Å². The first-order valence-electron chi connectivity index (χ1n) is 5.65.